The van der Waals surface area contributed by atoms with Crippen LogP contribution in [0.2, 0.25) is 0 Å². The Morgan fingerprint density at radius 2 is 1.87 bits per heavy atom. The van der Waals surface area contributed by atoms with Crippen molar-refractivity contribution in [2.45, 2.75) is 39.3 Å². The van der Waals surface area contributed by atoms with E-state index in [0.29, 0.717) is 0 Å². The zero-order chi connectivity index (χ0) is 16.6. The molecule has 1 aliphatic heterocycles. The van der Waals surface area contributed by atoms with E-state index in [2.05, 4.69) is 45.6 Å². The summed E-state index contributed by atoms with van der Waals surface area (Å²) in [7, 11) is 0. The average molecular weight is 318 g/mol. The quantitative estimate of drug-likeness (QED) is 0.913. The van der Waals surface area contributed by atoms with Crippen LogP contribution in [-0.4, -0.2) is 68.6 Å². The number of β-amino-alcohol motifs (C(OH)–C–C–N with tert-alkyl or cyclic N) is 1. The SMILES string of the molecule is C[C@@H](O)CN1CCN(c2ncnc3c2cnn3C(C)(C)C)CC1. The Kier molecular flexibility index (Phi) is 4.25. The van der Waals surface area contributed by atoms with Gasteiger partial charge < -0.3 is 10.0 Å². The maximum absolute atomic E-state index is 9.52. The lowest BCUT2D eigenvalue weighted by molar-refractivity contribution is 0.122. The van der Waals surface area contributed by atoms with Crippen LogP contribution in [-0.2, 0) is 5.54 Å². The van der Waals surface area contributed by atoms with Crippen molar-refractivity contribution in [3.8, 4) is 0 Å². The van der Waals surface area contributed by atoms with Gasteiger partial charge >= 0.3 is 0 Å². The smallest absolute Gasteiger partial charge is 0.163 e. The molecule has 1 atom stereocenters. The van der Waals surface area contributed by atoms with Crippen LogP contribution in [0.15, 0.2) is 12.5 Å². The zero-order valence-electron chi connectivity index (χ0n) is 14.4. The summed E-state index contributed by atoms with van der Waals surface area (Å²) < 4.78 is 1.96. The summed E-state index contributed by atoms with van der Waals surface area (Å²) in [5.74, 6) is 0.960. The second-order valence-electron chi connectivity index (χ2n) is 7.30. The van der Waals surface area contributed by atoms with Crippen LogP contribution in [0.1, 0.15) is 27.7 Å². The minimum absolute atomic E-state index is 0.108. The maximum Gasteiger partial charge on any atom is 0.163 e. The van der Waals surface area contributed by atoms with Gasteiger partial charge in [-0.05, 0) is 27.7 Å². The van der Waals surface area contributed by atoms with Gasteiger partial charge in [-0.3, -0.25) is 4.90 Å². The molecule has 2 aromatic heterocycles. The van der Waals surface area contributed by atoms with Crippen LogP contribution < -0.4 is 4.90 Å². The van der Waals surface area contributed by atoms with E-state index < -0.39 is 0 Å². The normalized spacial score (nSPS) is 18.6. The van der Waals surface area contributed by atoms with E-state index in [1.165, 1.54) is 0 Å². The van der Waals surface area contributed by atoms with E-state index in [1.807, 2.05) is 17.8 Å². The lowest BCUT2D eigenvalue weighted by atomic mass is 10.1. The number of aromatic nitrogens is 4. The van der Waals surface area contributed by atoms with Gasteiger partial charge in [0.05, 0.1) is 23.2 Å². The highest BCUT2D eigenvalue weighted by molar-refractivity contribution is 5.86. The summed E-state index contributed by atoms with van der Waals surface area (Å²) in [6.45, 7) is 12.6. The van der Waals surface area contributed by atoms with Crippen molar-refractivity contribution >= 4 is 16.9 Å². The van der Waals surface area contributed by atoms with Gasteiger partial charge in [0.25, 0.3) is 0 Å². The fourth-order valence-electron chi connectivity index (χ4n) is 3.09. The van der Waals surface area contributed by atoms with Crippen LogP contribution in [0.4, 0.5) is 5.82 Å². The van der Waals surface area contributed by atoms with E-state index in [-0.39, 0.29) is 11.6 Å². The highest BCUT2D eigenvalue weighted by Gasteiger charge is 2.24. The molecule has 0 radical (unpaired) electrons. The predicted octanol–water partition coefficient (Wildman–Crippen LogP) is 1.08. The maximum atomic E-state index is 9.52. The Morgan fingerprint density at radius 3 is 2.48 bits per heavy atom. The van der Waals surface area contributed by atoms with E-state index in [1.54, 1.807) is 6.33 Å². The minimum atomic E-state index is -0.280. The number of fused-ring (bicyclic) bond motifs is 1. The molecule has 1 fully saturated rings. The second-order valence-corrected chi connectivity index (χ2v) is 7.30. The molecule has 1 saturated heterocycles. The third-order valence-corrected chi connectivity index (χ3v) is 4.17. The van der Waals surface area contributed by atoms with Crippen molar-refractivity contribution < 1.29 is 5.11 Å². The van der Waals surface area contributed by atoms with Gasteiger partial charge in [0.2, 0.25) is 0 Å². The number of aliphatic hydroxyl groups excluding tert-OH is 1. The number of hydrogen-bond acceptors (Lipinski definition) is 6. The molecular weight excluding hydrogens is 292 g/mol. The molecule has 0 bridgehead atoms. The van der Waals surface area contributed by atoms with Crippen LogP contribution in [0.25, 0.3) is 11.0 Å². The largest absolute Gasteiger partial charge is 0.392 e. The summed E-state index contributed by atoms with van der Waals surface area (Å²) >= 11 is 0. The number of rotatable bonds is 3. The van der Waals surface area contributed by atoms with Gasteiger partial charge in [-0.1, -0.05) is 0 Å². The van der Waals surface area contributed by atoms with Gasteiger partial charge in [0.15, 0.2) is 5.65 Å². The first kappa shape index (κ1) is 16.1. The Hall–Kier alpha value is -1.73. The second kappa shape index (κ2) is 6.05. The Labute approximate surface area is 136 Å². The van der Waals surface area contributed by atoms with E-state index in [4.69, 9.17) is 0 Å². The van der Waals surface area contributed by atoms with E-state index in [9.17, 15) is 5.11 Å². The molecule has 2 aromatic rings. The number of piperazine rings is 1. The molecule has 0 saturated carbocycles. The van der Waals surface area contributed by atoms with Crippen molar-refractivity contribution in [1.82, 2.24) is 24.6 Å². The topological polar surface area (TPSA) is 70.3 Å². The van der Waals surface area contributed by atoms with Gasteiger partial charge in [-0.2, -0.15) is 5.10 Å². The molecule has 23 heavy (non-hydrogen) atoms. The molecule has 3 rings (SSSR count). The number of nitrogens with zero attached hydrogens (tertiary/aromatic N) is 6. The molecule has 0 aromatic carbocycles. The van der Waals surface area contributed by atoms with Crippen LogP contribution in [0.3, 0.4) is 0 Å². The Bertz CT molecular complexity index is 667. The van der Waals surface area contributed by atoms with Gasteiger partial charge in [0.1, 0.15) is 12.1 Å². The summed E-state index contributed by atoms with van der Waals surface area (Å²) in [5.41, 5.74) is 0.775. The van der Waals surface area contributed by atoms with Crippen molar-refractivity contribution in [1.29, 1.82) is 0 Å². The fraction of sp³-hybridized carbons (Fsp3) is 0.688. The average Bonchev–Trinajstić information content (AvgIpc) is 2.91. The summed E-state index contributed by atoms with van der Waals surface area (Å²) in [4.78, 5) is 13.5. The third-order valence-electron chi connectivity index (χ3n) is 4.17. The Balaban J connectivity index is 1.83. The van der Waals surface area contributed by atoms with Crippen molar-refractivity contribution in [2.75, 3.05) is 37.6 Å². The first-order valence-electron chi connectivity index (χ1n) is 8.21. The van der Waals surface area contributed by atoms with Crippen molar-refractivity contribution in [3.63, 3.8) is 0 Å². The predicted molar refractivity (Wildman–Crippen MR) is 90.7 cm³/mol. The first-order chi connectivity index (χ1) is 10.9. The van der Waals surface area contributed by atoms with E-state index in [0.717, 1.165) is 49.6 Å². The van der Waals surface area contributed by atoms with Gasteiger partial charge in [-0.15, -0.1) is 0 Å². The van der Waals surface area contributed by atoms with Crippen molar-refractivity contribution in [2.24, 2.45) is 0 Å². The van der Waals surface area contributed by atoms with Crippen molar-refractivity contribution in [3.05, 3.63) is 12.5 Å². The third kappa shape index (κ3) is 3.30. The lowest BCUT2D eigenvalue weighted by Gasteiger charge is -2.36. The lowest BCUT2D eigenvalue weighted by Crippen LogP contribution is -2.48. The molecule has 7 heteroatoms. The number of anilines is 1. The molecule has 0 amide bonds. The standard InChI is InChI=1S/C16H26N6O/c1-12(23)10-20-5-7-21(8-6-20)14-13-9-19-22(16(2,3)4)15(13)18-11-17-14/h9,11-12,23H,5-8,10H2,1-4H3/t12-/m1/s1. The molecule has 0 unspecified atom stereocenters. The van der Waals surface area contributed by atoms with Gasteiger partial charge in [0, 0.05) is 32.7 Å². The number of aliphatic hydroxyl groups is 1. The van der Waals surface area contributed by atoms with Crippen LogP contribution >= 0.6 is 0 Å². The molecule has 0 aliphatic carbocycles. The number of hydrogen-bond donors (Lipinski definition) is 1. The molecule has 3 heterocycles. The zero-order valence-corrected chi connectivity index (χ0v) is 14.4. The molecule has 7 nitrogen and oxygen atoms in total. The fourth-order valence-corrected chi connectivity index (χ4v) is 3.09. The molecule has 1 N–H and O–H groups in total. The highest BCUT2D eigenvalue weighted by atomic mass is 16.3. The molecule has 0 spiro atoms. The summed E-state index contributed by atoms with van der Waals surface area (Å²) in [5, 5.41) is 15.0. The van der Waals surface area contributed by atoms with Gasteiger partial charge in [-0.25, -0.2) is 14.6 Å². The van der Waals surface area contributed by atoms with Crippen LogP contribution in [0, 0.1) is 0 Å². The summed E-state index contributed by atoms with van der Waals surface area (Å²) in [6.07, 6.45) is 3.22. The highest BCUT2D eigenvalue weighted by Crippen LogP contribution is 2.26. The molecular formula is C16H26N6O. The van der Waals surface area contributed by atoms with Crippen LogP contribution in [0.5, 0.6) is 0 Å². The molecule has 126 valence electrons. The minimum Gasteiger partial charge on any atom is -0.392 e. The monoisotopic (exact) mass is 318 g/mol. The Morgan fingerprint density at radius 1 is 1.17 bits per heavy atom. The molecule has 1 aliphatic rings. The first-order valence-corrected chi connectivity index (χ1v) is 8.21. The summed E-state index contributed by atoms with van der Waals surface area (Å²) in [6, 6.07) is 0. The van der Waals surface area contributed by atoms with E-state index >= 15 is 0 Å².